The Morgan fingerprint density at radius 3 is 2.37 bits per heavy atom. The lowest BCUT2D eigenvalue weighted by atomic mass is 9.98. The molecule has 0 spiro atoms. The third kappa shape index (κ3) is 6.43. The molecule has 6 nitrogen and oxygen atoms in total. The fourth-order valence-electron chi connectivity index (χ4n) is 2.76. The number of aryl methyl sites for hydroxylation is 1. The maximum Gasteiger partial charge on any atom is 0.261 e. The SMILES string of the molecule is CCC(C)C(NC(=O)c1ccc(Cl)cc1)C(=O)NNC(=S)Nc1cccc(C)c1C. The van der Waals surface area contributed by atoms with Gasteiger partial charge in [0, 0.05) is 16.3 Å². The molecule has 0 saturated heterocycles. The average Bonchev–Trinajstić information content (AvgIpc) is 2.73. The van der Waals surface area contributed by atoms with E-state index in [4.69, 9.17) is 23.8 Å². The normalized spacial score (nSPS) is 12.4. The highest BCUT2D eigenvalue weighted by Crippen LogP contribution is 2.17. The number of amides is 2. The highest BCUT2D eigenvalue weighted by molar-refractivity contribution is 7.80. The molecule has 0 aromatic heterocycles. The second-order valence-electron chi connectivity index (χ2n) is 7.16. The van der Waals surface area contributed by atoms with Crippen LogP contribution in [-0.2, 0) is 4.79 Å². The van der Waals surface area contributed by atoms with Gasteiger partial charge in [0.2, 0.25) is 0 Å². The van der Waals surface area contributed by atoms with E-state index in [1.54, 1.807) is 24.3 Å². The van der Waals surface area contributed by atoms with Crippen LogP contribution in [0.15, 0.2) is 42.5 Å². The first kappa shape index (κ1) is 23.6. The number of hydrogen-bond acceptors (Lipinski definition) is 3. The number of hydrogen-bond donors (Lipinski definition) is 4. The molecule has 2 aromatic carbocycles. The maximum absolute atomic E-state index is 12.7. The number of rotatable bonds is 6. The summed E-state index contributed by atoms with van der Waals surface area (Å²) in [6, 6.07) is 11.6. The molecule has 8 heteroatoms. The summed E-state index contributed by atoms with van der Waals surface area (Å²) in [6.45, 7) is 7.86. The Labute approximate surface area is 187 Å². The Balaban J connectivity index is 1.99. The van der Waals surface area contributed by atoms with E-state index in [-0.39, 0.29) is 22.8 Å². The minimum Gasteiger partial charge on any atom is -0.340 e. The van der Waals surface area contributed by atoms with Gasteiger partial charge in [0.15, 0.2) is 5.11 Å². The van der Waals surface area contributed by atoms with Crippen molar-refractivity contribution in [2.24, 2.45) is 5.92 Å². The number of thiocarbonyl (C=S) groups is 1. The third-order valence-electron chi connectivity index (χ3n) is 5.04. The van der Waals surface area contributed by atoms with Crippen molar-refractivity contribution in [2.75, 3.05) is 5.32 Å². The first-order chi connectivity index (χ1) is 14.2. The number of benzene rings is 2. The Bertz CT molecular complexity index is 918. The van der Waals surface area contributed by atoms with Gasteiger partial charge in [0.05, 0.1) is 0 Å². The quantitative estimate of drug-likeness (QED) is 0.396. The second-order valence-corrected chi connectivity index (χ2v) is 8.00. The first-order valence-electron chi connectivity index (χ1n) is 9.72. The molecule has 2 amide bonds. The zero-order valence-electron chi connectivity index (χ0n) is 17.5. The molecule has 0 aliphatic carbocycles. The molecule has 2 rings (SSSR count). The smallest absolute Gasteiger partial charge is 0.261 e. The van der Waals surface area contributed by atoms with E-state index in [9.17, 15) is 9.59 Å². The van der Waals surface area contributed by atoms with Crippen molar-refractivity contribution in [2.45, 2.75) is 40.2 Å². The summed E-state index contributed by atoms with van der Waals surface area (Å²) in [4.78, 5) is 25.3. The van der Waals surface area contributed by atoms with Gasteiger partial charge >= 0.3 is 0 Å². The number of halogens is 1. The van der Waals surface area contributed by atoms with Crippen LogP contribution in [0.4, 0.5) is 5.69 Å². The zero-order chi connectivity index (χ0) is 22.3. The highest BCUT2D eigenvalue weighted by Gasteiger charge is 2.26. The summed E-state index contributed by atoms with van der Waals surface area (Å²) in [5.74, 6) is -0.802. The van der Waals surface area contributed by atoms with Crippen LogP contribution in [0.25, 0.3) is 0 Å². The van der Waals surface area contributed by atoms with Gasteiger partial charge in [-0.25, -0.2) is 0 Å². The van der Waals surface area contributed by atoms with Gasteiger partial charge in [0.1, 0.15) is 6.04 Å². The molecule has 0 heterocycles. The maximum atomic E-state index is 12.7. The van der Waals surface area contributed by atoms with E-state index in [1.807, 2.05) is 45.9 Å². The summed E-state index contributed by atoms with van der Waals surface area (Å²) in [6.07, 6.45) is 0.712. The monoisotopic (exact) mass is 446 g/mol. The molecule has 2 aromatic rings. The van der Waals surface area contributed by atoms with Crippen LogP contribution in [0, 0.1) is 19.8 Å². The number of carbonyl (C=O) groups excluding carboxylic acids is 2. The van der Waals surface area contributed by atoms with Crippen molar-refractivity contribution >= 4 is 46.4 Å². The van der Waals surface area contributed by atoms with Gasteiger partial charge in [-0.3, -0.25) is 20.4 Å². The van der Waals surface area contributed by atoms with Gasteiger partial charge in [-0.1, -0.05) is 44.0 Å². The molecular weight excluding hydrogens is 420 g/mol. The lowest BCUT2D eigenvalue weighted by molar-refractivity contribution is -0.124. The first-order valence-corrected chi connectivity index (χ1v) is 10.5. The van der Waals surface area contributed by atoms with Crippen molar-refractivity contribution in [1.82, 2.24) is 16.2 Å². The summed E-state index contributed by atoms with van der Waals surface area (Å²) >= 11 is 11.1. The minimum absolute atomic E-state index is 0.0800. The van der Waals surface area contributed by atoms with E-state index in [1.165, 1.54) is 0 Å². The number of anilines is 1. The lowest BCUT2D eigenvalue weighted by Gasteiger charge is -2.24. The van der Waals surface area contributed by atoms with Gasteiger partial charge in [-0.2, -0.15) is 0 Å². The highest BCUT2D eigenvalue weighted by atomic mass is 35.5. The van der Waals surface area contributed by atoms with Crippen LogP contribution in [0.1, 0.15) is 41.8 Å². The Hall–Kier alpha value is -2.64. The lowest BCUT2D eigenvalue weighted by Crippen LogP contribution is -2.55. The van der Waals surface area contributed by atoms with E-state index in [0.717, 1.165) is 16.8 Å². The summed E-state index contributed by atoms with van der Waals surface area (Å²) in [5.41, 5.74) is 8.79. The molecule has 0 aliphatic rings. The molecule has 0 saturated carbocycles. The standard InChI is InChI=1S/C22H27ClN4O2S/c1-5-13(2)19(25-20(28)16-9-11-17(23)12-10-16)21(29)26-27-22(30)24-18-8-6-7-14(3)15(18)4/h6-13,19H,5H2,1-4H3,(H,25,28)(H,26,29)(H2,24,27,30). The van der Waals surface area contributed by atoms with E-state index in [0.29, 0.717) is 17.0 Å². The predicted octanol–water partition coefficient (Wildman–Crippen LogP) is 4.12. The molecule has 2 unspecified atom stereocenters. The molecule has 30 heavy (non-hydrogen) atoms. The topological polar surface area (TPSA) is 82.3 Å². The van der Waals surface area contributed by atoms with Crippen molar-refractivity contribution in [1.29, 1.82) is 0 Å². The molecule has 0 fully saturated rings. The second kappa shape index (κ2) is 10.9. The van der Waals surface area contributed by atoms with Crippen LogP contribution in [0.2, 0.25) is 5.02 Å². The van der Waals surface area contributed by atoms with Crippen LogP contribution in [0.3, 0.4) is 0 Å². The van der Waals surface area contributed by atoms with Crippen LogP contribution in [0.5, 0.6) is 0 Å². The Kier molecular flexibility index (Phi) is 8.62. The fraction of sp³-hybridized carbons (Fsp3) is 0.318. The molecule has 0 bridgehead atoms. The molecule has 2 atom stereocenters. The van der Waals surface area contributed by atoms with Gasteiger partial charge in [-0.05, 0) is 73.4 Å². The average molecular weight is 447 g/mol. The third-order valence-corrected chi connectivity index (χ3v) is 5.50. The Morgan fingerprint density at radius 1 is 1.07 bits per heavy atom. The zero-order valence-corrected chi connectivity index (χ0v) is 19.1. The number of nitrogens with one attached hydrogen (secondary N) is 4. The molecule has 160 valence electrons. The number of hydrazine groups is 1. The minimum atomic E-state index is -0.728. The Morgan fingerprint density at radius 2 is 1.73 bits per heavy atom. The van der Waals surface area contributed by atoms with E-state index < -0.39 is 6.04 Å². The fourth-order valence-corrected chi connectivity index (χ4v) is 3.05. The van der Waals surface area contributed by atoms with Gasteiger partial charge in [0.25, 0.3) is 11.8 Å². The predicted molar refractivity (Wildman–Crippen MR) is 126 cm³/mol. The molecule has 0 radical (unpaired) electrons. The van der Waals surface area contributed by atoms with Crippen LogP contribution >= 0.6 is 23.8 Å². The molecular formula is C22H27ClN4O2S. The largest absolute Gasteiger partial charge is 0.340 e. The molecule has 0 aliphatic heterocycles. The summed E-state index contributed by atoms with van der Waals surface area (Å²) in [7, 11) is 0. The van der Waals surface area contributed by atoms with Crippen LogP contribution < -0.4 is 21.5 Å². The van der Waals surface area contributed by atoms with Crippen molar-refractivity contribution < 1.29 is 9.59 Å². The van der Waals surface area contributed by atoms with E-state index in [2.05, 4.69) is 21.5 Å². The van der Waals surface area contributed by atoms with Gasteiger partial charge < -0.3 is 10.6 Å². The van der Waals surface area contributed by atoms with Crippen molar-refractivity contribution in [3.63, 3.8) is 0 Å². The van der Waals surface area contributed by atoms with E-state index >= 15 is 0 Å². The summed E-state index contributed by atoms with van der Waals surface area (Å²) in [5, 5.41) is 6.65. The number of carbonyl (C=O) groups is 2. The van der Waals surface area contributed by atoms with Crippen molar-refractivity contribution in [3.8, 4) is 0 Å². The van der Waals surface area contributed by atoms with Crippen molar-refractivity contribution in [3.05, 3.63) is 64.2 Å². The van der Waals surface area contributed by atoms with Gasteiger partial charge in [-0.15, -0.1) is 0 Å². The van der Waals surface area contributed by atoms with Crippen LogP contribution in [-0.4, -0.2) is 23.0 Å². The molecule has 4 N–H and O–H groups in total. The summed E-state index contributed by atoms with van der Waals surface area (Å²) < 4.78 is 0.